The van der Waals surface area contributed by atoms with E-state index in [0.29, 0.717) is 28.3 Å². The molecular weight excluding hydrogens is 363 g/mol. The molecule has 6 nitrogen and oxygen atoms in total. The molecule has 3 rings (SSSR count). The third kappa shape index (κ3) is 4.55. The molecule has 146 valence electrons. The van der Waals surface area contributed by atoms with Crippen LogP contribution < -0.4 is 15.0 Å². The van der Waals surface area contributed by atoms with Gasteiger partial charge in [0.2, 0.25) is 0 Å². The van der Waals surface area contributed by atoms with Crippen LogP contribution in [0.5, 0.6) is 11.5 Å². The molecule has 0 spiro atoms. The maximum atomic E-state index is 13.1. The summed E-state index contributed by atoms with van der Waals surface area (Å²) in [7, 11) is 1.49. The van der Waals surface area contributed by atoms with Crippen LogP contribution in [0.1, 0.15) is 13.8 Å². The Kier molecular flexibility index (Phi) is 5.46. The molecule has 0 bridgehead atoms. The van der Waals surface area contributed by atoms with Crippen LogP contribution in [0.15, 0.2) is 59.5 Å². The minimum absolute atomic E-state index is 0.0905. The predicted molar refractivity (Wildman–Crippen MR) is 104 cm³/mol. The van der Waals surface area contributed by atoms with E-state index in [1.54, 1.807) is 50.4 Å². The van der Waals surface area contributed by atoms with Gasteiger partial charge in [0, 0.05) is 17.7 Å². The Bertz CT molecular complexity index is 1020. The van der Waals surface area contributed by atoms with Gasteiger partial charge in [-0.25, -0.2) is 4.39 Å². The number of methoxy groups -OCH3 is 1. The molecule has 0 saturated carbocycles. The fraction of sp³-hybridized carbons (Fsp3) is 0.238. The van der Waals surface area contributed by atoms with Crippen LogP contribution in [0.25, 0.3) is 16.8 Å². The molecular formula is C21H21FN2O4. The van der Waals surface area contributed by atoms with Crippen molar-refractivity contribution < 1.29 is 19.0 Å². The number of hydrogen-bond acceptors (Lipinski definition) is 5. The molecule has 1 heterocycles. The van der Waals surface area contributed by atoms with E-state index >= 15 is 0 Å². The smallest absolute Gasteiger partial charge is 0.272 e. The third-order valence-corrected chi connectivity index (χ3v) is 3.95. The standard InChI is InChI=1S/C21H21FN2O4/c1-21(2,26)13-28-18-9-8-17(11-19(18)27-3)24-20(25)10-15(12-23-24)14-4-6-16(22)7-5-14/h4-12,26H,13H2,1-3H3. The minimum Gasteiger partial charge on any atom is -0.493 e. The number of nitrogens with zero attached hydrogens (tertiary/aromatic N) is 2. The van der Waals surface area contributed by atoms with Crippen molar-refractivity contribution in [3.05, 3.63) is 70.9 Å². The zero-order valence-corrected chi connectivity index (χ0v) is 15.8. The minimum atomic E-state index is -0.988. The van der Waals surface area contributed by atoms with Crippen LogP contribution >= 0.6 is 0 Å². The van der Waals surface area contributed by atoms with Crippen molar-refractivity contribution in [1.82, 2.24) is 9.78 Å². The van der Waals surface area contributed by atoms with Gasteiger partial charge in [-0.15, -0.1) is 0 Å². The van der Waals surface area contributed by atoms with Crippen molar-refractivity contribution in [1.29, 1.82) is 0 Å². The highest BCUT2D eigenvalue weighted by atomic mass is 19.1. The Morgan fingerprint density at radius 1 is 1.07 bits per heavy atom. The molecule has 0 aliphatic heterocycles. The van der Waals surface area contributed by atoms with E-state index in [4.69, 9.17) is 9.47 Å². The lowest BCUT2D eigenvalue weighted by Gasteiger charge is -2.19. The summed E-state index contributed by atoms with van der Waals surface area (Å²) < 4.78 is 25.2. The second-order valence-electron chi connectivity index (χ2n) is 6.94. The second-order valence-corrected chi connectivity index (χ2v) is 6.94. The first-order valence-corrected chi connectivity index (χ1v) is 8.66. The Balaban J connectivity index is 1.91. The summed E-state index contributed by atoms with van der Waals surface area (Å²) in [6, 6.07) is 12.2. The average Bonchev–Trinajstić information content (AvgIpc) is 2.66. The van der Waals surface area contributed by atoms with Gasteiger partial charge in [-0.3, -0.25) is 4.79 Å². The lowest BCUT2D eigenvalue weighted by atomic mass is 10.1. The van der Waals surface area contributed by atoms with Crippen LogP contribution in [0.3, 0.4) is 0 Å². The van der Waals surface area contributed by atoms with Crippen LogP contribution in [0.2, 0.25) is 0 Å². The van der Waals surface area contributed by atoms with E-state index in [-0.39, 0.29) is 18.0 Å². The summed E-state index contributed by atoms with van der Waals surface area (Å²) in [6.45, 7) is 3.37. The molecule has 0 aliphatic rings. The van der Waals surface area contributed by atoms with Crippen LogP contribution in [0, 0.1) is 5.82 Å². The number of halogens is 1. The lowest BCUT2D eigenvalue weighted by molar-refractivity contribution is 0.0276. The van der Waals surface area contributed by atoms with Crippen molar-refractivity contribution in [3.63, 3.8) is 0 Å². The van der Waals surface area contributed by atoms with Crippen LogP contribution in [-0.2, 0) is 0 Å². The summed E-state index contributed by atoms with van der Waals surface area (Å²) in [5.74, 6) is 0.520. The summed E-state index contributed by atoms with van der Waals surface area (Å²) in [6.07, 6.45) is 1.54. The molecule has 0 fully saturated rings. The van der Waals surface area contributed by atoms with Crippen molar-refractivity contribution >= 4 is 0 Å². The summed E-state index contributed by atoms with van der Waals surface area (Å²) in [5, 5.41) is 14.0. The van der Waals surface area contributed by atoms with Crippen molar-refractivity contribution in [2.45, 2.75) is 19.4 Å². The average molecular weight is 384 g/mol. The highest BCUT2D eigenvalue weighted by Gasteiger charge is 2.16. The quantitative estimate of drug-likeness (QED) is 0.707. The fourth-order valence-electron chi connectivity index (χ4n) is 2.56. The molecule has 2 aromatic carbocycles. The molecule has 0 saturated heterocycles. The summed E-state index contributed by atoms with van der Waals surface area (Å²) in [5.41, 5.74) is 0.472. The van der Waals surface area contributed by atoms with Gasteiger partial charge in [0.05, 0.1) is 24.6 Å². The van der Waals surface area contributed by atoms with Crippen LogP contribution in [-0.4, -0.2) is 34.2 Å². The van der Waals surface area contributed by atoms with Gasteiger partial charge >= 0.3 is 0 Å². The number of rotatable bonds is 6. The van der Waals surface area contributed by atoms with Crippen molar-refractivity contribution in [2.24, 2.45) is 0 Å². The Morgan fingerprint density at radius 2 is 1.79 bits per heavy atom. The molecule has 0 atom stereocenters. The maximum absolute atomic E-state index is 13.1. The van der Waals surface area contributed by atoms with E-state index in [1.165, 1.54) is 30.0 Å². The Morgan fingerprint density at radius 3 is 2.39 bits per heavy atom. The highest BCUT2D eigenvalue weighted by Crippen LogP contribution is 2.29. The Hall–Kier alpha value is -3.19. The van der Waals surface area contributed by atoms with Gasteiger partial charge in [-0.05, 0) is 43.7 Å². The van der Waals surface area contributed by atoms with Gasteiger partial charge in [-0.1, -0.05) is 12.1 Å². The number of benzene rings is 2. The second kappa shape index (κ2) is 7.82. The normalized spacial score (nSPS) is 11.3. The first-order chi connectivity index (χ1) is 13.3. The first kappa shape index (κ1) is 19.6. The highest BCUT2D eigenvalue weighted by molar-refractivity contribution is 5.62. The zero-order valence-electron chi connectivity index (χ0n) is 15.8. The van der Waals surface area contributed by atoms with Crippen molar-refractivity contribution in [3.8, 4) is 28.3 Å². The molecule has 1 aromatic heterocycles. The largest absolute Gasteiger partial charge is 0.493 e. The number of aliphatic hydroxyl groups is 1. The van der Waals surface area contributed by atoms with Gasteiger partial charge < -0.3 is 14.6 Å². The summed E-state index contributed by atoms with van der Waals surface area (Å²) >= 11 is 0. The molecule has 0 aliphatic carbocycles. The van der Waals surface area contributed by atoms with Gasteiger partial charge in [0.25, 0.3) is 5.56 Å². The fourth-order valence-corrected chi connectivity index (χ4v) is 2.56. The summed E-state index contributed by atoms with van der Waals surface area (Å²) in [4.78, 5) is 12.5. The topological polar surface area (TPSA) is 73.6 Å². The Labute approximate surface area is 161 Å². The predicted octanol–water partition coefficient (Wildman–Crippen LogP) is 3.20. The third-order valence-electron chi connectivity index (χ3n) is 3.95. The molecule has 28 heavy (non-hydrogen) atoms. The molecule has 0 radical (unpaired) electrons. The van der Waals surface area contributed by atoms with Crippen molar-refractivity contribution in [2.75, 3.05) is 13.7 Å². The number of aromatic nitrogens is 2. The number of hydrogen-bond donors (Lipinski definition) is 1. The lowest BCUT2D eigenvalue weighted by Crippen LogP contribution is -2.28. The van der Waals surface area contributed by atoms with E-state index in [2.05, 4.69) is 5.10 Å². The molecule has 1 N–H and O–H groups in total. The molecule has 0 unspecified atom stereocenters. The van der Waals surface area contributed by atoms with E-state index < -0.39 is 5.60 Å². The molecule has 3 aromatic rings. The monoisotopic (exact) mass is 384 g/mol. The van der Waals surface area contributed by atoms with E-state index in [9.17, 15) is 14.3 Å². The van der Waals surface area contributed by atoms with Gasteiger partial charge in [0.15, 0.2) is 11.5 Å². The maximum Gasteiger partial charge on any atom is 0.272 e. The van der Waals surface area contributed by atoms with Gasteiger partial charge in [-0.2, -0.15) is 9.78 Å². The number of ether oxygens (including phenoxy) is 2. The van der Waals surface area contributed by atoms with E-state index in [1.807, 2.05) is 0 Å². The van der Waals surface area contributed by atoms with Gasteiger partial charge in [0.1, 0.15) is 12.4 Å². The van der Waals surface area contributed by atoms with E-state index in [0.717, 1.165) is 0 Å². The molecule has 0 amide bonds. The van der Waals surface area contributed by atoms with Crippen LogP contribution in [0.4, 0.5) is 4.39 Å². The first-order valence-electron chi connectivity index (χ1n) is 8.66. The SMILES string of the molecule is COc1cc(-n2ncc(-c3ccc(F)cc3)cc2=O)ccc1OCC(C)(C)O. The molecule has 7 heteroatoms. The zero-order chi connectivity index (χ0) is 20.3.